The molecule has 0 radical (unpaired) electrons. The Labute approximate surface area is 210 Å². The largest absolute Gasteiger partial charge is 0.481 e. The first-order valence-corrected chi connectivity index (χ1v) is 12.8. The van der Waals surface area contributed by atoms with Crippen LogP contribution in [0, 0.1) is 12.8 Å². The van der Waals surface area contributed by atoms with Gasteiger partial charge in [-0.05, 0) is 63.5 Å². The Morgan fingerprint density at radius 1 is 1.11 bits per heavy atom. The molecule has 1 N–H and O–H groups in total. The van der Waals surface area contributed by atoms with Gasteiger partial charge in [0.25, 0.3) is 12.3 Å². The number of pyridine rings is 1. The second-order valence-corrected chi connectivity index (χ2v) is 9.63. The lowest BCUT2D eigenvalue weighted by atomic mass is 9.84. The predicted molar refractivity (Wildman–Crippen MR) is 130 cm³/mol. The summed E-state index contributed by atoms with van der Waals surface area (Å²) < 4.78 is 35.4. The van der Waals surface area contributed by atoms with Gasteiger partial charge in [0.15, 0.2) is 19.0 Å². The Bertz CT molecular complexity index is 984. The maximum atomic E-state index is 12.4. The van der Waals surface area contributed by atoms with E-state index in [1.54, 1.807) is 25.4 Å². The van der Waals surface area contributed by atoms with Crippen molar-refractivity contribution in [3.63, 3.8) is 0 Å². The third-order valence-corrected chi connectivity index (χ3v) is 6.95. The summed E-state index contributed by atoms with van der Waals surface area (Å²) in [5, 5.41) is 3.09. The lowest BCUT2D eigenvalue weighted by Crippen LogP contribution is -2.40. The van der Waals surface area contributed by atoms with Gasteiger partial charge in [0.05, 0.1) is 12.4 Å². The number of amides is 1. The van der Waals surface area contributed by atoms with Crippen LogP contribution >= 0.6 is 0 Å². The van der Waals surface area contributed by atoms with Crippen LogP contribution in [0.3, 0.4) is 0 Å². The molecule has 2 aliphatic rings. The minimum Gasteiger partial charge on any atom is -0.481 e. The molecule has 0 aromatic carbocycles. The van der Waals surface area contributed by atoms with Gasteiger partial charge in [-0.1, -0.05) is 6.07 Å². The summed E-state index contributed by atoms with van der Waals surface area (Å²) in [6.45, 7) is 4.07. The van der Waals surface area contributed by atoms with Gasteiger partial charge < -0.3 is 19.7 Å². The van der Waals surface area contributed by atoms with E-state index >= 15 is 0 Å². The molecule has 0 atom stereocenters. The molecular weight excluding hydrogens is 468 g/mol. The zero-order chi connectivity index (χ0) is 25.3. The molecule has 1 fully saturated rings. The average Bonchev–Trinajstić information content (AvgIpc) is 3.08. The van der Waals surface area contributed by atoms with Gasteiger partial charge in [0, 0.05) is 37.3 Å². The smallest absolute Gasteiger partial charge is 0.272 e. The van der Waals surface area contributed by atoms with E-state index < -0.39 is 13.0 Å². The fourth-order valence-corrected chi connectivity index (χ4v) is 4.90. The summed E-state index contributed by atoms with van der Waals surface area (Å²) in [6, 6.07) is 3.85. The highest BCUT2D eigenvalue weighted by Crippen LogP contribution is 2.27. The molecule has 2 aromatic rings. The molecule has 10 heteroatoms. The Morgan fingerprint density at radius 3 is 2.61 bits per heavy atom. The maximum Gasteiger partial charge on any atom is 0.272 e. The number of alkyl halides is 2. The molecule has 1 aliphatic carbocycles. The van der Waals surface area contributed by atoms with E-state index in [2.05, 4.69) is 25.2 Å². The van der Waals surface area contributed by atoms with Crippen LogP contribution in [0.25, 0.3) is 0 Å². The van der Waals surface area contributed by atoms with Crippen molar-refractivity contribution >= 4 is 5.91 Å². The highest BCUT2D eigenvalue weighted by Gasteiger charge is 2.24. The van der Waals surface area contributed by atoms with E-state index in [0.717, 1.165) is 70.3 Å². The van der Waals surface area contributed by atoms with E-state index in [1.807, 2.05) is 6.07 Å². The monoisotopic (exact) mass is 503 g/mol. The van der Waals surface area contributed by atoms with Crippen molar-refractivity contribution in [1.29, 1.82) is 0 Å². The van der Waals surface area contributed by atoms with E-state index in [4.69, 9.17) is 9.47 Å². The number of nitrogens with zero attached hydrogens (tertiary/aromatic N) is 4. The van der Waals surface area contributed by atoms with E-state index in [1.165, 1.54) is 5.56 Å². The standard InChI is InChI=1S/C26H35F2N5O3/c1-18-29-14-22(15-30-18)35-17-25(34)31-21-5-2-19(3-6-21)8-11-33-12-9-20-4-7-26(36-16-24(27)28)32-23(20)10-13-33/h4,7,14-15,19,21,24H,2-3,5-6,8-13,16-17H2,1H3,(H,31,34)/t19-,21-. The molecule has 0 unspecified atom stereocenters. The molecule has 0 spiro atoms. The Hall–Kier alpha value is -2.88. The average molecular weight is 504 g/mol. The summed E-state index contributed by atoms with van der Waals surface area (Å²) in [5.74, 6) is 1.99. The summed E-state index contributed by atoms with van der Waals surface area (Å²) in [7, 11) is 0. The van der Waals surface area contributed by atoms with E-state index in [-0.39, 0.29) is 24.4 Å². The van der Waals surface area contributed by atoms with Crippen molar-refractivity contribution in [2.45, 2.75) is 64.3 Å². The first-order chi connectivity index (χ1) is 17.4. The van der Waals surface area contributed by atoms with Gasteiger partial charge in [-0.25, -0.2) is 23.7 Å². The molecule has 0 saturated heterocycles. The molecular formula is C26H35F2N5O3. The number of carbonyl (C=O) groups is 1. The van der Waals surface area contributed by atoms with Crippen LogP contribution in [0.15, 0.2) is 24.5 Å². The lowest BCUT2D eigenvalue weighted by molar-refractivity contribution is -0.124. The summed E-state index contributed by atoms with van der Waals surface area (Å²) in [5.41, 5.74) is 2.14. The number of hydrogen-bond acceptors (Lipinski definition) is 7. The normalized spacial score (nSPS) is 20.4. The molecule has 3 heterocycles. The second-order valence-electron chi connectivity index (χ2n) is 9.63. The van der Waals surface area contributed by atoms with Crippen LogP contribution in [-0.4, -0.2) is 71.1 Å². The number of fused-ring (bicyclic) bond motifs is 1. The van der Waals surface area contributed by atoms with Crippen molar-refractivity contribution in [2.24, 2.45) is 5.92 Å². The van der Waals surface area contributed by atoms with E-state index in [9.17, 15) is 13.6 Å². The fraction of sp³-hybridized carbons (Fsp3) is 0.615. The maximum absolute atomic E-state index is 12.4. The minimum absolute atomic E-state index is 0.0294. The lowest BCUT2D eigenvalue weighted by Gasteiger charge is -2.30. The molecule has 8 nitrogen and oxygen atoms in total. The van der Waals surface area contributed by atoms with Crippen LogP contribution in [0.1, 0.15) is 49.2 Å². The number of rotatable bonds is 10. The van der Waals surface area contributed by atoms with Gasteiger partial charge in [0.1, 0.15) is 5.82 Å². The van der Waals surface area contributed by atoms with Gasteiger partial charge in [0.2, 0.25) is 5.88 Å². The zero-order valence-corrected chi connectivity index (χ0v) is 20.8. The number of halogens is 2. The SMILES string of the molecule is Cc1ncc(OCC(=O)N[C@H]2CC[C@H](CCN3CCc4ccc(OCC(F)F)nc4CC3)CC2)cn1. The molecule has 0 bridgehead atoms. The number of carbonyl (C=O) groups excluding carboxylic acids is 1. The Morgan fingerprint density at radius 2 is 1.86 bits per heavy atom. The molecule has 2 aromatic heterocycles. The molecule has 1 saturated carbocycles. The first kappa shape index (κ1) is 26.2. The summed E-state index contributed by atoms with van der Waals surface area (Å²) in [6.07, 6.45) is 7.69. The highest BCUT2D eigenvalue weighted by molar-refractivity contribution is 5.77. The van der Waals surface area contributed by atoms with Crippen LogP contribution in [0.4, 0.5) is 8.78 Å². The van der Waals surface area contributed by atoms with Crippen molar-refractivity contribution in [2.75, 3.05) is 32.8 Å². The van der Waals surface area contributed by atoms with Crippen molar-refractivity contribution in [1.82, 2.24) is 25.2 Å². The number of hydrogen-bond donors (Lipinski definition) is 1. The van der Waals surface area contributed by atoms with Crippen LogP contribution in [0.5, 0.6) is 11.6 Å². The molecule has 1 aliphatic heterocycles. The molecule has 1 amide bonds. The number of aryl methyl sites for hydroxylation is 1. The Kier molecular flexibility index (Phi) is 9.38. The number of nitrogens with one attached hydrogen (secondary N) is 1. The van der Waals surface area contributed by atoms with Gasteiger partial charge >= 0.3 is 0 Å². The van der Waals surface area contributed by atoms with Gasteiger partial charge in [-0.3, -0.25) is 4.79 Å². The van der Waals surface area contributed by atoms with Gasteiger partial charge in [-0.15, -0.1) is 0 Å². The van der Waals surface area contributed by atoms with Crippen LogP contribution < -0.4 is 14.8 Å². The molecule has 36 heavy (non-hydrogen) atoms. The fourth-order valence-electron chi connectivity index (χ4n) is 4.90. The van der Waals surface area contributed by atoms with Crippen LogP contribution in [0.2, 0.25) is 0 Å². The topological polar surface area (TPSA) is 89.5 Å². The zero-order valence-electron chi connectivity index (χ0n) is 20.8. The second kappa shape index (κ2) is 12.9. The van der Waals surface area contributed by atoms with Crippen molar-refractivity contribution < 1.29 is 23.0 Å². The summed E-state index contributed by atoms with van der Waals surface area (Å²) >= 11 is 0. The third-order valence-electron chi connectivity index (χ3n) is 6.95. The minimum atomic E-state index is -2.50. The highest BCUT2D eigenvalue weighted by atomic mass is 19.3. The van der Waals surface area contributed by atoms with Gasteiger partial charge in [-0.2, -0.15) is 0 Å². The predicted octanol–water partition coefficient (Wildman–Crippen LogP) is 3.37. The Balaban J connectivity index is 1.13. The van der Waals surface area contributed by atoms with E-state index in [0.29, 0.717) is 17.5 Å². The number of aromatic nitrogens is 3. The van der Waals surface area contributed by atoms with Crippen LogP contribution in [-0.2, 0) is 17.6 Å². The van der Waals surface area contributed by atoms with Crippen molar-refractivity contribution in [3.05, 3.63) is 41.6 Å². The number of ether oxygens (including phenoxy) is 2. The molecule has 4 rings (SSSR count). The first-order valence-electron chi connectivity index (χ1n) is 12.8. The van der Waals surface area contributed by atoms with Crippen molar-refractivity contribution in [3.8, 4) is 11.6 Å². The molecule has 196 valence electrons. The summed E-state index contributed by atoms with van der Waals surface area (Å²) in [4.78, 5) is 27.3. The quantitative estimate of drug-likeness (QED) is 0.532. The third kappa shape index (κ3) is 8.08.